The fraction of sp³-hybridized carbons (Fsp3) is 0.500. The summed E-state index contributed by atoms with van der Waals surface area (Å²) in [5, 5.41) is 13.9. The van der Waals surface area contributed by atoms with Gasteiger partial charge in [0.2, 0.25) is 0 Å². The van der Waals surface area contributed by atoms with Gasteiger partial charge in [0, 0.05) is 12.6 Å². The zero-order valence-corrected chi connectivity index (χ0v) is 12.4. The van der Waals surface area contributed by atoms with Crippen LogP contribution in [0.1, 0.15) is 36.1 Å². The van der Waals surface area contributed by atoms with Crippen LogP contribution in [0, 0.1) is 13.8 Å². The van der Waals surface area contributed by atoms with Gasteiger partial charge < -0.3 is 15.2 Å². The van der Waals surface area contributed by atoms with Gasteiger partial charge in [0.05, 0.1) is 13.2 Å². The highest BCUT2D eigenvalue weighted by Gasteiger charge is 2.22. The van der Waals surface area contributed by atoms with Crippen LogP contribution in [-0.2, 0) is 0 Å². The predicted molar refractivity (Wildman–Crippen MR) is 79.7 cm³/mol. The molecule has 0 bridgehead atoms. The summed E-state index contributed by atoms with van der Waals surface area (Å²) >= 11 is 0. The lowest BCUT2D eigenvalue weighted by Crippen LogP contribution is -2.35. The summed E-state index contributed by atoms with van der Waals surface area (Å²) in [6.45, 7) is 10.5. The molecule has 106 valence electrons. The first-order chi connectivity index (χ1) is 9.04. The first-order valence-electron chi connectivity index (χ1n) is 6.72. The smallest absolute Gasteiger partial charge is 0.119 e. The molecule has 3 heteroatoms. The number of hydrogen-bond donors (Lipinski definition) is 2. The highest BCUT2D eigenvalue weighted by atomic mass is 16.5. The van der Waals surface area contributed by atoms with E-state index in [9.17, 15) is 5.11 Å². The number of aryl methyl sites for hydroxylation is 2. The second-order valence-electron chi connectivity index (χ2n) is 4.83. The molecule has 0 radical (unpaired) electrons. The molecule has 2 unspecified atom stereocenters. The lowest BCUT2D eigenvalue weighted by molar-refractivity contribution is 0.127. The molecule has 0 saturated heterocycles. The second-order valence-corrected chi connectivity index (χ2v) is 4.83. The van der Waals surface area contributed by atoms with Gasteiger partial charge in [-0.05, 0) is 49.1 Å². The Bertz CT molecular complexity index is 406. The van der Waals surface area contributed by atoms with Gasteiger partial charge in [-0.25, -0.2) is 0 Å². The van der Waals surface area contributed by atoms with Crippen LogP contribution >= 0.6 is 0 Å². The summed E-state index contributed by atoms with van der Waals surface area (Å²) in [6, 6.07) is 3.96. The van der Waals surface area contributed by atoms with E-state index in [0.717, 1.165) is 28.9 Å². The first kappa shape index (κ1) is 15.7. The Hall–Kier alpha value is -1.32. The minimum Gasteiger partial charge on any atom is -0.497 e. The number of ether oxygens (including phenoxy) is 1. The van der Waals surface area contributed by atoms with E-state index in [1.54, 1.807) is 7.11 Å². The van der Waals surface area contributed by atoms with Crippen LogP contribution in [0.2, 0.25) is 0 Å². The number of aliphatic hydroxyl groups excluding tert-OH is 1. The van der Waals surface area contributed by atoms with Crippen molar-refractivity contribution in [3.63, 3.8) is 0 Å². The molecule has 0 aliphatic heterocycles. The van der Waals surface area contributed by atoms with Gasteiger partial charge in [-0.2, -0.15) is 0 Å². The largest absolute Gasteiger partial charge is 0.497 e. The third-order valence-corrected chi connectivity index (χ3v) is 3.44. The number of methoxy groups -OCH3 is 1. The van der Waals surface area contributed by atoms with E-state index in [-0.39, 0.29) is 6.04 Å². The maximum Gasteiger partial charge on any atom is 0.119 e. The Labute approximate surface area is 116 Å². The molecular weight excluding hydrogens is 238 g/mol. The van der Waals surface area contributed by atoms with Crippen LogP contribution in [0.4, 0.5) is 0 Å². The Morgan fingerprint density at radius 3 is 2.37 bits per heavy atom. The van der Waals surface area contributed by atoms with Crippen molar-refractivity contribution in [3.05, 3.63) is 41.5 Å². The number of benzene rings is 1. The standard InChI is InChI=1S/C16H25NO2/c1-6-8-17-14(7-2)16(18)15-11(3)9-13(19-5)10-12(15)4/h6,9-10,14,16-18H,1,7-8H2,2-5H3. The molecule has 0 heterocycles. The summed E-state index contributed by atoms with van der Waals surface area (Å²) in [4.78, 5) is 0. The maximum atomic E-state index is 10.6. The molecule has 0 spiro atoms. The average molecular weight is 263 g/mol. The fourth-order valence-electron chi connectivity index (χ4n) is 2.43. The second kappa shape index (κ2) is 7.31. The minimum atomic E-state index is -0.518. The summed E-state index contributed by atoms with van der Waals surface area (Å²) in [6.07, 6.45) is 2.15. The van der Waals surface area contributed by atoms with Gasteiger partial charge in [-0.3, -0.25) is 0 Å². The molecule has 2 atom stereocenters. The summed E-state index contributed by atoms with van der Waals surface area (Å²) in [5.74, 6) is 0.832. The van der Waals surface area contributed by atoms with E-state index in [2.05, 4.69) is 18.8 Å². The Morgan fingerprint density at radius 2 is 1.95 bits per heavy atom. The van der Waals surface area contributed by atoms with Crippen molar-refractivity contribution < 1.29 is 9.84 Å². The van der Waals surface area contributed by atoms with Gasteiger partial charge in [0.1, 0.15) is 5.75 Å². The maximum absolute atomic E-state index is 10.6. The molecule has 1 aromatic rings. The SMILES string of the molecule is C=CCNC(CC)C(O)c1c(C)cc(OC)cc1C. The number of hydrogen-bond acceptors (Lipinski definition) is 3. The molecule has 0 aliphatic carbocycles. The van der Waals surface area contributed by atoms with Crippen molar-refractivity contribution in [3.8, 4) is 5.75 Å². The van der Waals surface area contributed by atoms with Crippen molar-refractivity contribution in [1.29, 1.82) is 0 Å². The van der Waals surface area contributed by atoms with E-state index < -0.39 is 6.10 Å². The van der Waals surface area contributed by atoms with Gasteiger partial charge in [0.15, 0.2) is 0 Å². The van der Waals surface area contributed by atoms with Crippen molar-refractivity contribution in [1.82, 2.24) is 5.32 Å². The first-order valence-corrected chi connectivity index (χ1v) is 6.72. The number of rotatable bonds is 7. The topological polar surface area (TPSA) is 41.5 Å². The molecule has 1 rings (SSSR count). The molecule has 0 amide bonds. The molecule has 0 aromatic heterocycles. The Kier molecular flexibility index (Phi) is 6.06. The van der Waals surface area contributed by atoms with Gasteiger partial charge in [0.25, 0.3) is 0 Å². The molecule has 0 aliphatic rings. The molecule has 0 fully saturated rings. The van der Waals surface area contributed by atoms with Crippen molar-refractivity contribution in [2.24, 2.45) is 0 Å². The van der Waals surface area contributed by atoms with Gasteiger partial charge in [-0.1, -0.05) is 13.0 Å². The third-order valence-electron chi connectivity index (χ3n) is 3.44. The number of aliphatic hydroxyl groups is 1. The predicted octanol–water partition coefficient (Wildman–Crippen LogP) is 2.90. The molecular formula is C16H25NO2. The quantitative estimate of drug-likeness (QED) is 0.743. The highest BCUT2D eigenvalue weighted by Crippen LogP contribution is 2.29. The van der Waals surface area contributed by atoms with E-state index in [0.29, 0.717) is 6.54 Å². The van der Waals surface area contributed by atoms with Crippen LogP contribution in [0.3, 0.4) is 0 Å². The fourth-order valence-corrected chi connectivity index (χ4v) is 2.43. The van der Waals surface area contributed by atoms with Crippen LogP contribution in [0.15, 0.2) is 24.8 Å². The molecule has 19 heavy (non-hydrogen) atoms. The summed E-state index contributed by atoms with van der Waals surface area (Å²) in [7, 11) is 1.66. The van der Waals surface area contributed by atoms with Crippen molar-refractivity contribution >= 4 is 0 Å². The molecule has 0 saturated carbocycles. The zero-order chi connectivity index (χ0) is 14.4. The van der Waals surface area contributed by atoms with E-state index in [1.165, 1.54) is 0 Å². The highest BCUT2D eigenvalue weighted by molar-refractivity contribution is 5.42. The molecule has 3 nitrogen and oxygen atoms in total. The van der Waals surface area contributed by atoms with Crippen LogP contribution in [0.25, 0.3) is 0 Å². The monoisotopic (exact) mass is 263 g/mol. The minimum absolute atomic E-state index is 0.0313. The molecule has 1 aromatic carbocycles. The van der Waals surface area contributed by atoms with Crippen LogP contribution < -0.4 is 10.1 Å². The Balaban J connectivity index is 3.03. The zero-order valence-electron chi connectivity index (χ0n) is 12.4. The normalized spacial score (nSPS) is 13.9. The third kappa shape index (κ3) is 3.82. The lowest BCUT2D eigenvalue weighted by atomic mass is 9.92. The van der Waals surface area contributed by atoms with Gasteiger partial charge >= 0.3 is 0 Å². The molecule has 2 N–H and O–H groups in total. The van der Waals surface area contributed by atoms with Crippen LogP contribution in [-0.4, -0.2) is 24.8 Å². The van der Waals surface area contributed by atoms with Crippen molar-refractivity contribution in [2.45, 2.75) is 39.3 Å². The van der Waals surface area contributed by atoms with Crippen LogP contribution in [0.5, 0.6) is 5.75 Å². The number of nitrogens with one attached hydrogen (secondary N) is 1. The Morgan fingerprint density at radius 1 is 1.37 bits per heavy atom. The van der Waals surface area contributed by atoms with E-state index in [1.807, 2.05) is 32.1 Å². The summed E-state index contributed by atoms with van der Waals surface area (Å²) < 4.78 is 5.25. The van der Waals surface area contributed by atoms with Gasteiger partial charge in [-0.15, -0.1) is 6.58 Å². The van der Waals surface area contributed by atoms with E-state index in [4.69, 9.17) is 4.74 Å². The van der Waals surface area contributed by atoms with Crippen molar-refractivity contribution in [2.75, 3.05) is 13.7 Å². The summed E-state index contributed by atoms with van der Waals surface area (Å²) in [5.41, 5.74) is 3.11. The lowest BCUT2D eigenvalue weighted by Gasteiger charge is -2.26. The average Bonchev–Trinajstić information content (AvgIpc) is 2.38. The van der Waals surface area contributed by atoms with E-state index >= 15 is 0 Å².